The number of hydrogen-bond acceptors (Lipinski definition) is 13. The lowest BCUT2D eigenvalue weighted by atomic mass is 10.1. The van der Waals surface area contributed by atoms with E-state index in [0.717, 1.165) is 11.5 Å². The van der Waals surface area contributed by atoms with Crippen LogP contribution in [0.5, 0.6) is 23.5 Å². The molecule has 5 aromatic rings. The van der Waals surface area contributed by atoms with Gasteiger partial charge in [-0.05, 0) is 53.5 Å². The third-order valence-corrected chi connectivity index (χ3v) is 7.26. The fraction of sp³-hybridized carbons (Fsp3) is 0.389. The number of nitro groups is 2. The van der Waals surface area contributed by atoms with Gasteiger partial charge in [-0.15, -0.1) is 11.5 Å². The van der Waals surface area contributed by atoms with Gasteiger partial charge in [0.1, 0.15) is 54.0 Å². The number of rotatable bonds is 11. The van der Waals surface area contributed by atoms with E-state index >= 15 is 0 Å². The predicted octanol–water partition coefficient (Wildman–Crippen LogP) is 6.82. The highest BCUT2D eigenvalue weighted by Gasteiger charge is 2.41. The van der Waals surface area contributed by atoms with Gasteiger partial charge in [0.05, 0.1) is 32.4 Å². The summed E-state index contributed by atoms with van der Waals surface area (Å²) in [5, 5.41) is 32.8. The van der Waals surface area contributed by atoms with E-state index in [9.17, 15) is 20.2 Å². The molecule has 0 saturated heterocycles. The van der Waals surface area contributed by atoms with Gasteiger partial charge in [0, 0.05) is 14.9 Å². The smallest absolute Gasteiger partial charge is 0.415 e. The van der Waals surface area contributed by atoms with Gasteiger partial charge >= 0.3 is 23.7 Å². The monoisotopic (exact) mass is 772 g/mol. The second-order valence-electron chi connectivity index (χ2n) is 11.8. The van der Waals surface area contributed by atoms with E-state index in [2.05, 4.69) is 36.2 Å². The fourth-order valence-corrected chi connectivity index (χ4v) is 5.05. The van der Waals surface area contributed by atoms with E-state index in [0.29, 0.717) is 38.5 Å². The molecule has 2 aliphatic heterocycles. The SMILES string of the molecule is C#CCOc1ccccc1.CC.CC.CC1(CN=[N+]=[N-])Cn2cc([N+](=O)[O-])nc2O1.CC1(Cn2cc(COc3ccccc3)nn2)Cn2cc([N+](=O)[O-])nc2O1. The minimum atomic E-state index is -0.677. The summed E-state index contributed by atoms with van der Waals surface area (Å²) in [6.07, 6.45) is 9.47. The lowest BCUT2D eigenvalue weighted by molar-refractivity contribution is -0.389. The predicted molar refractivity (Wildman–Crippen MR) is 204 cm³/mol. The van der Waals surface area contributed by atoms with Crippen molar-refractivity contribution in [1.29, 1.82) is 0 Å². The molecule has 56 heavy (non-hydrogen) atoms. The van der Waals surface area contributed by atoms with Crippen molar-refractivity contribution >= 4 is 11.6 Å². The summed E-state index contributed by atoms with van der Waals surface area (Å²) in [6.45, 7) is 13.7. The summed E-state index contributed by atoms with van der Waals surface area (Å²) >= 11 is 0. The Kier molecular flexibility index (Phi) is 16.2. The summed E-state index contributed by atoms with van der Waals surface area (Å²) < 4.78 is 26.8. The normalized spacial score (nSPS) is 16.5. The molecule has 0 spiro atoms. The van der Waals surface area contributed by atoms with Crippen LogP contribution in [0.25, 0.3) is 10.4 Å². The summed E-state index contributed by atoms with van der Waals surface area (Å²) in [5.41, 5.74) is 7.63. The molecule has 0 N–H and O–H groups in total. The third kappa shape index (κ3) is 12.5. The maximum absolute atomic E-state index is 10.8. The van der Waals surface area contributed by atoms with Crippen molar-refractivity contribution in [1.82, 2.24) is 34.1 Å². The zero-order valence-electron chi connectivity index (χ0n) is 32.0. The quantitative estimate of drug-likeness (QED) is 0.0336. The first-order chi connectivity index (χ1) is 27.0. The molecular weight excluding hydrogens is 728 g/mol. The average molecular weight is 773 g/mol. The minimum Gasteiger partial charge on any atom is -0.487 e. The maximum Gasteiger partial charge on any atom is 0.415 e. The van der Waals surface area contributed by atoms with Gasteiger partial charge in [-0.3, -0.25) is 9.13 Å². The number of hydrogen-bond donors (Lipinski definition) is 0. The Balaban J connectivity index is 0.000000239. The molecule has 5 heterocycles. The number of para-hydroxylation sites is 2. The Hall–Kier alpha value is -7.13. The second-order valence-corrected chi connectivity index (χ2v) is 11.8. The maximum atomic E-state index is 10.8. The van der Waals surface area contributed by atoms with Crippen molar-refractivity contribution in [2.75, 3.05) is 13.2 Å². The summed E-state index contributed by atoms with van der Waals surface area (Å²) in [6, 6.07) is 19.4. The molecule has 7 rings (SSSR count). The van der Waals surface area contributed by atoms with E-state index in [-0.39, 0.29) is 30.2 Å². The van der Waals surface area contributed by atoms with Crippen LogP contribution in [0.3, 0.4) is 0 Å². The van der Waals surface area contributed by atoms with Crippen LogP contribution in [-0.2, 0) is 26.2 Å². The Labute approximate surface area is 322 Å². The van der Waals surface area contributed by atoms with Gasteiger partial charge in [0.15, 0.2) is 0 Å². The first-order valence-corrected chi connectivity index (χ1v) is 17.5. The highest BCUT2D eigenvalue weighted by atomic mass is 16.6. The Morgan fingerprint density at radius 2 is 1.36 bits per heavy atom. The molecule has 296 valence electrons. The summed E-state index contributed by atoms with van der Waals surface area (Å²) in [4.78, 5) is 30.3. The number of nitrogens with zero attached hydrogens (tertiary/aromatic N) is 12. The van der Waals surface area contributed by atoms with Crippen molar-refractivity contribution in [3.63, 3.8) is 0 Å². The van der Waals surface area contributed by atoms with Crippen LogP contribution in [0.4, 0.5) is 11.6 Å². The molecular formula is C36H44N12O8. The van der Waals surface area contributed by atoms with E-state index in [1.807, 2.05) is 95.3 Å². The van der Waals surface area contributed by atoms with Crippen molar-refractivity contribution in [3.05, 3.63) is 116 Å². The zero-order chi connectivity index (χ0) is 41.1. The Morgan fingerprint density at radius 1 is 0.857 bits per heavy atom. The van der Waals surface area contributed by atoms with Crippen molar-refractivity contribution in [2.24, 2.45) is 5.11 Å². The van der Waals surface area contributed by atoms with E-state index in [1.54, 1.807) is 22.4 Å². The number of imidazole rings is 2. The second kappa shape index (κ2) is 20.9. The molecule has 3 aromatic heterocycles. The number of benzene rings is 2. The summed E-state index contributed by atoms with van der Waals surface area (Å²) in [5.74, 6) is 3.51. The zero-order valence-corrected chi connectivity index (χ0v) is 32.0. The van der Waals surface area contributed by atoms with Gasteiger partial charge in [-0.25, -0.2) is 4.68 Å². The van der Waals surface area contributed by atoms with E-state index < -0.39 is 21.0 Å². The Bertz CT molecular complexity index is 2040. The van der Waals surface area contributed by atoms with Crippen molar-refractivity contribution in [3.8, 4) is 35.9 Å². The molecule has 20 nitrogen and oxygen atoms in total. The topological polar surface area (TPSA) is 238 Å². The highest BCUT2D eigenvalue weighted by molar-refractivity contribution is 5.25. The lowest BCUT2D eigenvalue weighted by Gasteiger charge is -2.21. The van der Waals surface area contributed by atoms with Gasteiger partial charge in [-0.1, -0.05) is 80.3 Å². The van der Waals surface area contributed by atoms with Crippen LogP contribution in [0.15, 0.2) is 84.4 Å². The molecule has 0 bridgehead atoms. The molecule has 2 aliphatic rings. The van der Waals surface area contributed by atoms with E-state index in [1.165, 1.54) is 17.0 Å². The largest absolute Gasteiger partial charge is 0.487 e. The van der Waals surface area contributed by atoms with Gasteiger partial charge in [0.25, 0.3) is 0 Å². The molecule has 2 atom stereocenters. The first kappa shape index (κ1) is 43.3. The van der Waals surface area contributed by atoms with Crippen LogP contribution in [0, 0.1) is 32.6 Å². The molecule has 0 radical (unpaired) electrons. The number of fused-ring (bicyclic) bond motifs is 2. The average Bonchev–Trinajstić information content (AvgIpc) is 4.02. The number of aromatic nitrogens is 7. The van der Waals surface area contributed by atoms with E-state index in [4.69, 9.17) is 30.9 Å². The molecule has 0 amide bonds. The number of azide groups is 1. The molecule has 2 unspecified atom stereocenters. The number of ether oxygens (including phenoxy) is 4. The molecule has 0 fully saturated rings. The first-order valence-electron chi connectivity index (χ1n) is 17.5. The van der Waals surface area contributed by atoms with Crippen molar-refractivity contribution < 1.29 is 28.8 Å². The van der Waals surface area contributed by atoms with Gasteiger partial charge in [-0.2, -0.15) is 0 Å². The standard InChI is InChI=1S/C16H16N6O4.C9H8O.C7H8N6O3.2C2H6/c1-16(10-20-8-14(22(23)24)17-15(20)26-16)11-21-7-12(18-19-21)9-25-13-5-3-2-4-6-13;1-2-8-10-9-6-4-3-5-7-9;1-7(3-9-11-8)4-12-2-5(13(14)15)10-6(12)16-7;2*1-2/h2-8H,9-11H2,1H3;1,3-7H,8H2;2H,3-4H2,1H3;2*1-2H3. The molecule has 20 heteroatoms. The third-order valence-electron chi connectivity index (χ3n) is 7.26. The van der Waals surface area contributed by atoms with Crippen LogP contribution in [-0.4, -0.2) is 68.3 Å². The van der Waals surface area contributed by atoms with Gasteiger partial charge in [0.2, 0.25) is 0 Å². The highest BCUT2D eigenvalue weighted by Crippen LogP contribution is 2.32. The minimum absolute atomic E-state index is 0.153. The van der Waals surface area contributed by atoms with Crippen LogP contribution >= 0.6 is 0 Å². The number of terminal acetylenes is 1. The molecule has 0 aliphatic carbocycles. The summed E-state index contributed by atoms with van der Waals surface area (Å²) in [7, 11) is 0. The van der Waals surface area contributed by atoms with Gasteiger partial charge < -0.3 is 39.2 Å². The van der Waals surface area contributed by atoms with Crippen molar-refractivity contribution in [2.45, 2.75) is 79.0 Å². The van der Waals surface area contributed by atoms with Crippen LogP contribution in [0.1, 0.15) is 47.2 Å². The molecule has 2 aromatic carbocycles. The lowest BCUT2D eigenvalue weighted by Crippen LogP contribution is -2.36. The van der Waals surface area contributed by atoms with Crippen LogP contribution in [0.2, 0.25) is 0 Å². The molecule has 0 saturated carbocycles. The fourth-order valence-electron chi connectivity index (χ4n) is 5.05. The van der Waals surface area contributed by atoms with Crippen LogP contribution < -0.4 is 18.9 Å². The Morgan fingerprint density at radius 3 is 1.84 bits per heavy atom.